The van der Waals surface area contributed by atoms with Gasteiger partial charge < -0.3 is 0 Å². The molecule has 0 fully saturated rings. The summed E-state index contributed by atoms with van der Waals surface area (Å²) in [4.78, 5) is 9.97. The van der Waals surface area contributed by atoms with E-state index in [0.717, 1.165) is 12.2 Å². The summed E-state index contributed by atoms with van der Waals surface area (Å²) in [5.74, 6) is 0. The van der Waals surface area contributed by atoms with E-state index >= 15 is 0 Å². The first-order valence-electron chi connectivity index (χ1n) is 3.62. The van der Waals surface area contributed by atoms with E-state index in [2.05, 4.69) is 6.92 Å². The minimum atomic E-state index is 0.867. The lowest BCUT2D eigenvalue weighted by Gasteiger charge is -2.09. The third kappa shape index (κ3) is 6.11. The highest BCUT2D eigenvalue weighted by molar-refractivity contribution is 8.09. The van der Waals surface area contributed by atoms with Crippen LogP contribution in [0.25, 0.3) is 0 Å². The van der Waals surface area contributed by atoms with Crippen LogP contribution < -0.4 is 0 Å². The Kier molecular flexibility index (Phi) is 7.08. The predicted octanol–water partition coefficient (Wildman–Crippen LogP) is 1.95. The van der Waals surface area contributed by atoms with Gasteiger partial charge >= 0.3 is 0 Å². The molecule has 0 spiro atoms. The third-order valence-electron chi connectivity index (χ3n) is 1.30. The van der Waals surface area contributed by atoms with E-state index in [0.29, 0.717) is 0 Å². The Morgan fingerprint density at radius 1 is 1.50 bits per heavy atom. The highest BCUT2D eigenvalue weighted by Crippen LogP contribution is 2.04. The molecule has 0 aliphatic carbocycles. The second kappa shape index (κ2) is 7.09. The molecule has 0 aliphatic heterocycles. The third-order valence-corrected chi connectivity index (χ3v) is 1.93. The van der Waals surface area contributed by atoms with Crippen LogP contribution in [0.4, 0.5) is 0 Å². The summed E-state index contributed by atoms with van der Waals surface area (Å²) in [5.41, 5.74) is 0.867. The molecular formula is C7H15NOS. The van der Waals surface area contributed by atoms with Crippen molar-refractivity contribution in [2.45, 2.75) is 26.2 Å². The largest absolute Gasteiger partial charge is 0.290 e. The van der Waals surface area contributed by atoms with Gasteiger partial charge in [-0.2, -0.15) is 0 Å². The number of rotatable bonds is 6. The average Bonchev–Trinajstić information content (AvgIpc) is 1.89. The lowest BCUT2D eigenvalue weighted by molar-refractivity contribution is 0.523. The Bertz CT molecular complexity index is 87.7. The number of nitrogens with zero attached hydrogens (tertiary/aromatic N) is 1. The van der Waals surface area contributed by atoms with Crippen LogP contribution in [0.3, 0.4) is 0 Å². The van der Waals surface area contributed by atoms with Gasteiger partial charge in [0.25, 0.3) is 0 Å². The SMILES string of the molecule is CCCCCN(C)SC=O. The highest BCUT2D eigenvalue weighted by atomic mass is 32.2. The van der Waals surface area contributed by atoms with Crippen molar-refractivity contribution in [3.8, 4) is 0 Å². The van der Waals surface area contributed by atoms with Crippen LogP contribution in [0.5, 0.6) is 0 Å². The van der Waals surface area contributed by atoms with Crippen molar-refractivity contribution in [1.29, 1.82) is 0 Å². The molecule has 0 N–H and O–H groups in total. The van der Waals surface area contributed by atoms with Gasteiger partial charge in [0, 0.05) is 6.54 Å². The number of unbranched alkanes of at least 4 members (excludes halogenated alkanes) is 2. The zero-order chi connectivity index (χ0) is 7.82. The van der Waals surface area contributed by atoms with Crippen LogP contribution in [-0.4, -0.2) is 23.5 Å². The first kappa shape index (κ1) is 9.98. The molecule has 3 heteroatoms. The van der Waals surface area contributed by atoms with Crippen LogP contribution in [0.15, 0.2) is 0 Å². The molecule has 0 rings (SSSR count). The van der Waals surface area contributed by atoms with Gasteiger partial charge in [-0.25, -0.2) is 4.31 Å². The molecule has 0 aromatic rings. The summed E-state index contributed by atoms with van der Waals surface area (Å²) >= 11 is 1.23. The highest BCUT2D eigenvalue weighted by Gasteiger charge is 1.95. The molecule has 0 aliphatic rings. The molecular weight excluding hydrogens is 146 g/mol. The van der Waals surface area contributed by atoms with Gasteiger partial charge in [-0.3, -0.25) is 4.79 Å². The van der Waals surface area contributed by atoms with E-state index in [-0.39, 0.29) is 0 Å². The molecule has 10 heavy (non-hydrogen) atoms. The maximum atomic E-state index is 9.97. The molecule has 0 aromatic heterocycles. The van der Waals surface area contributed by atoms with Gasteiger partial charge in [-0.15, -0.1) is 0 Å². The van der Waals surface area contributed by atoms with E-state index in [9.17, 15) is 4.79 Å². The van der Waals surface area contributed by atoms with Crippen molar-refractivity contribution in [1.82, 2.24) is 4.31 Å². The zero-order valence-corrected chi connectivity index (χ0v) is 7.49. The van der Waals surface area contributed by atoms with Gasteiger partial charge in [0.1, 0.15) is 0 Å². The van der Waals surface area contributed by atoms with Gasteiger partial charge in [-0.05, 0) is 25.4 Å². The molecule has 2 nitrogen and oxygen atoms in total. The Balaban J connectivity index is 3.04. The zero-order valence-electron chi connectivity index (χ0n) is 6.67. The molecule has 0 saturated heterocycles. The fourth-order valence-corrected chi connectivity index (χ4v) is 1.09. The van der Waals surface area contributed by atoms with Gasteiger partial charge in [-0.1, -0.05) is 19.8 Å². The van der Waals surface area contributed by atoms with Gasteiger partial charge in [0.15, 0.2) is 5.62 Å². The van der Waals surface area contributed by atoms with E-state index in [1.165, 1.54) is 31.2 Å². The van der Waals surface area contributed by atoms with Gasteiger partial charge in [0.2, 0.25) is 0 Å². The maximum Gasteiger partial charge on any atom is 0.191 e. The normalized spacial score (nSPS) is 10.3. The molecule has 0 atom stereocenters. The van der Waals surface area contributed by atoms with Crippen LogP contribution in [0, 0.1) is 0 Å². The second-order valence-electron chi connectivity index (χ2n) is 2.26. The number of hydrogen-bond donors (Lipinski definition) is 0. The maximum absolute atomic E-state index is 9.97. The molecule has 60 valence electrons. The number of carbonyl (C=O) groups is 1. The average molecular weight is 161 g/mol. The predicted molar refractivity (Wildman–Crippen MR) is 46.5 cm³/mol. The quantitative estimate of drug-likeness (QED) is 0.337. The molecule has 0 heterocycles. The summed E-state index contributed by atoms with van der Waals surface area (Å²) in [7, 11) is 1.94. The van der Waals surface area contributed by atoms with Crippen molar-refractivity contribution >= 4 is 17.6 Å². The lowest BCUT2D eigenvalue weighted by Crippen LogP contribution is -2.10. The standard InChI is InChI=1S/C7H15NOS/c1-3-4-5-6-8(2)10-7-9/h7H,3-6H2,1-2H3. The van der Waals surface area contributed by atoms with Crippen LogP contribution in [0.2, 0.25) is 0 Å². The molecule has 0 unspecified atom stereocenters. The number of carbonyl (C=O) groups excluding carboxylic acids is 1. The van der Waals surface area contributed by atoms with E-state index in [1.54, 1.807) is 0 Å². The van der Waals surface area contributed by atoms with Gasteiger partial charge in [0.05, 0.1) is 0 Å². The summed E-state index contributed by atoms with van der Waals surface area (Å²) in [6.45, 7) is 3.18. The fraction of sp³-hybridized carbons (Fsp3) is 0.857. The van der Waals surface area contributed by atoms with E-state index in [1.807, 2.05) is 11.4 Å². The molecule has 0 amide bonds. The monoisotopic (exact) mass is 161 g/mol. The van der Waals surface area contributed by atoms with Crippen molar-refractivity contribution in [3.05, 3.63) is 0 Å². The Labute approximate surface area is 67.1 Å². The summed E-state index contributed by atoms with van der Waals surface area (Å²) in [6, 6.07) is 0. The Hall–Kier alpha value is -0.0200. The molecule has 0 saturated carbocycles. The molecule has 0 aromatic carbocycles. The molecule has 0 bridgehead atoms. The van der Waals surface area contributed by atoms with Crippen LogP contribution in [0.1, 0.15) is 26.2 Å². The number of hydrogen-bond acceptors (Lipinski definition) is 3. The molecule has 0 radical (unpaired) electrons. The van der Waals surface area contributed by atoms with Crippen molar-refractivity contribution < 1.29 is 4.79 Å². The first-order valence-corrected chi connectivity index (χ1v) is 4.46. The summed E-state index contributed by atoms with van der Waals surface area (Å²) < 4.78 is 1.96. The minimum absolute atomic E-state index is 0.867. The Morgan fingerprint density at radius 3 is 2.70 bits per heavy atom. The van der Waals surface area contributed by atoms with E-state index < -0.39 is 0 Å². The summed E-state index contributed by atoms with van der Waals surface area (Å²) in [6.07, 6.45) is 3.68. The smallest absolute Gasteiger partial charge is 0.191 e. The van der Waals surface area contributed by atoms with Crippen LogP contribution in [-0.2, 0) is 4.79 Å². The van der Waals surface area contributed by atoms with Crippen LogP contribution >= 0.6 is 11.9 Å². The Morgan fingerprint density at radius 2 is 2.20 bits per heavy atom. The second-order valence-corrected chi connectivity index (χ2v) is 3.29. The van der Waals surface area contributed by atoms with Crippen molar-refractivity contribution in [2.75, 3.05) is 13.6 Å². The fourth-order valence-electron chi connectivity index (χ4n) is 0.711. The van der Waals surface area contributed by atoms with Crippen molar-refractivity contribution in [2.24, 2.45) is 0 Å². The van der Waals surface area contributed by atoms with E-state index in [4.69, 9.17) is 0 Å². The summed E-state index contributed by atoms with van der Waals surface area (Å²) in [5, 5.41) is 0. The van der Waals surface area contributed by atoms with Crippen molar-refractivity contribution in [3.63, 3.8) is 0 Å². The minimum Gasteiger partial charge on any atom is -0.290 e. The topological polar surface area (TPSA) is 20.3 Å². The first-order chi connectivity index (χ1) is 4.81. The lowest BCUT2D eigenvalue weighted by atomic mass is 10.2.